The molecule has 19 heavy (non-hydrogen) atoms. The number of aliphatic hydroxyl groups is 1. The maximum absolute atomic E-state index is 13.6. The monoisotopic (exact) mass is 270 g/mol. The van der Waals surface area contributed by atoms with Crippen LogP contribution in [0.3, 0.4) is 0 Å². The van der Waals surface area contributed by atoms with Crippen LogP contribution < -0.4 is 15.8 Å². The Morgan fingerprint density at radius 1 is 1.42 bits per heavy atom. The number of benzene rings is 1. The van der Waals surface area contributed by atoms with Crippen molar-refractivity contribution in [2.24, 2.45) is 5.92 Å². The van der Waals surface area contributed by atoms with Gasteiger partial charge in [-0.2, -0.15) is 0 Å². The highest BCUT2D eigenvalue weighted by molar-refractivity contribution is 5.69. The molecule has 4 nitrogen and oxygen atoms in total. The van der Waals surface area contributed by atoms with Crippen molar-refractivity contribution in [2.75, 3.05) is 24.3 Å². The number of hydrogen-bond donors (Lipinski definition) is 3. The number of halogens is 1. The number of nitrogen functional groups attached to an aromatic ring is 1. The van der Waals surface area contributed by atoms with E-state index in [4.69, 9.17) is 10.5 Å². The van der Waals surface area contributed by atoms with Crippen LogP contribution in [0.5, 0.6) is 5.75 Å². The third-order valence-electron chi connectivity index (χ3n) is 2.91. The lowest BCUT2D eigenvalue weighted by Gasteiger charge is -2.22. The lowest BCUT2D eigenvalue weighted by Crippen LogP contribution is -2.29. The molecule has 108 valence electrons. The summed E-state index contributed by atoms with van der Waals surface area (Å²) < 4.78 is 19.0. The molecule has 0 radical (unpaired) electrons. The summed E-state index contributed by atoms with van der Waals surface area (Å²) in [6, 6.07) is 2.65. The largest absolute Gasteiger partial charge is 0.490 e. The van der Waals surface area contributed by atoms with Gasteiger partial charge in [-0.3, -0.25) is 0 Å². The molecule has 0 aliphatic carbocycles. The predicted molar refractivity (Wildman–Crippen MR) is 75.9 cm³/mol. The molecule has 0 aromatic heterocycles. The lowest BCUT2D eigenvalue weighted by atomic mass is 10.0. The molecule has 4 N–H and O–H groups in total. The number of rotatable bonds is 7. The SMILES string of the molecule is CCCOc1cc(N[C@H](CO)C(C)C)c(N)cc1F. The molecule has 1 atom stereocenters. The second kappa shape index (κ2) is 7.19. The van der Waals surface area contributed by atoms with Crippen molar-refractivity contribution in [3.8, 4) is 5.75 Å². The highest BCUT2D eigenvalue weighted by atomic mass is 19.1. The lowest BCUT2D eigenvalue weighted by molar-refractivity contribution is 0.249. The highest BCUT2D eigenvalue weighted by Gasteiger charge is 2.15. The Labute approximate surface area is 113 Å². The van der Waals surface area contributed by atoms with Gasteiger partial charge in [-0.05, 0) is 12.3 Å². The van der Waals surface area contributed by atoms with Crippen LogP contribution in [0.1, 0.15) is 27.2 Å². The molecule has 1 rings (SSSR count). The standard InChI is InChI=1S/C14H23FN2O2/c1-4-5-19-14-7-12(11(16)6-10(14)15)17-13(8-18)9(2)3/h6-7,9,13,17-18H,4-5,8,16H2,1-3H3/t13-/m1/s1. The van der Waals surface area contributed by atoms with Gasteiger partial charge >= 0.3 is 0 Å². The summed E-state index contributed by atoms with van der Waals surface area (Å²) in [5.41, 5.74) is 6.67. The zero-order valence-corrected chi connectivity index (χ0v) is 11.7. The van der Waals surface area contributed by atoms with Crippen LogP contribution >= 0.6 is 0 Å². The van der Waals surface area contributed by atoms with E-state index in [-0.39, 0.29) is 24.3 Å². The maximum atomic E-state index is 13.6. The second-order valence-electron chi connectivity index (χ2n) is 4.90. The number of nitrogens with two attached hydrogens (primary N) is 1. The Morgan fingerprint density at radius 3 is 2.63 bits per heavy atom. The number of aliphatic hydroxyl groups excluding tert-OH is 1. The molecule has 5 heteroatoms. The van der Waals surface area contributed by atoms with Crippen LogP contribution in [-0.2, 0) is 0 Å². The summed E-state index contributed by atoms with van der Waals surface area (Å²) in [4.78, 5) is 0. The zero-order valence-electron chi connectivity index (χ0n) is 11.7. The van der Waals surface area contributed by atoms with E-state index in [0.29, 0.717) is 18.0 Å². The molecule has 0 saturated carbocycles. The first kappa shape index (κ1) is 15.6. The molecule has 0 amide bonds. The molecule has 0 spiro atoms. The molecule has 0 fully saturated rings. The van der Waals surface area contributed by atoms with Crippen molar-refractivity contribution in [1.29, 1.82) is 0 Å². The van der Waals surface area contributed by atoms with E-state index in [2.05, 4.69) is 5.32 Å². The molecule has 1 aromatic rings. The summed E-state index contributed by atoms with van der Waals surface area (Å²) in [6.45, 7) is 6.37. The third kappa shape index (κ3) is 4.28. The summed E-state index contributed by atoms with van der Waals surface area (Å²) in [5, 5.41) is 12.4. The van der Waals surface area contributed by atoms with Crippen LogP contribution in [0.4, 0.5) is 15.8 Å². The number of hydrogen-bond acceptors (Lipinski definition) is 4. The first-order valence-electron chi connectivity index (χ1n) is 6.58. The Morgan fingerprint density at radius 2 is 2.11 bits per heavy atom. The second-order valence-corrected chi connectivity index (χ2v) is 4.90. The normalized spacial score (nSPS) is 12.5. The molecule has 0 heterocycles. The van der Waals surface area contributed by atoms with E-state index in [1.165, 1.54) is 6.07 Å². The average molecular weight is 270 g/mol. The van der Waals surface area contributed by atoms with Crippen molar-refractivity contribution < 1.29 is 14.2 Å². The zero-order chi connectivity index (χ0) is 14.4. The quantitative estimate of drug-likeness (QED) is 0.666. The molecule has 1 aromatic carbocycles. The van der Waals surface area contributed by atoms with Crippen molar-refractivity contribution >= 4 is 11.4 Å². The fourth-order valence-corrected chi connectivity index (χ4v) is 1.64. The van der Waals surface area contributed by atoms with Crippen LogP contribution in [-0.4, -0.2) is 24.4 Å². The molecule has 0 aliphatic rings. The number of nitrogens with one attached hydrogen (secondary N) is 1. The van der Waals surface area contributed by atoms with Crippen molar-refractivity contribution in [1.82, 2.24) is 0 Å². The fourth-order valence-electron chi connectivity index (χ4n) is 1.64. The van der Waals surface area contributed by atoms with E-state index >= 15 is 0 Å². The van der Waals surface area contributed by atoms with Crippen LogP contribution in [0.2, 0.25) is 0 Å². The summed E-state index contributed by atoms with van der Waals surface area (Å²) >= 11 is 0. The minimum absolute atomic E-state index is 0.0143. The van der Waals surface area contributed by atoms with Gasteiger partial charge in [0.15, 0.2) is 11.6 Å². The van der Waals surface area contributed by atoms with Gasteiger partial charge in [-0.1, -0.05) is 20.8 Å². The molecular formula is C14H23FN2O2. The minimum atomic E-state index is -0.471. The van der Waals surface area contributed by atoms with E-state index in [0.717, 1.165) is 6.42 Å². The topological polar surface area (TPSA) is 67.5 Å². The van der Waals surface area contributed by atoms with Gasteiger partial charge in [-0.15, -0.1) is 0 Å². The average Bonchev–Trinajstić information content (AvgIpc) is 2.36. The number of anilines is 2. The van der Waals surface area contributed by atoms with Gasteiger partial charge in [-0.25, -0.2) is 4.39 Å². The molecular weight excluding hydrogens is 247 g/mol. The van der Waals surface area contributed by atoms with Crippen LogP contribution in [0, 0.1) is 11.7 Å². The summed E-state index contributed by atoms with van der Waals surface area (Å²) in [6.07, 6.45) is 0.803. The maximum Gasteiger partial charge on any atom is 0.167 e. The van der Waals surface area contributed by atoms with Crippen LogP contribution in [0.25, 0.3) is 0 Å². The van der Waals surface area contributed by atoms with E-state index in [1.54, 1.807) is 6.07 Å². The fraction of sp³-hybridized carbons (Fsp3) is 0.571. The predicted octanol–water partition coefficient (Wildman–Crippen LogP) is 2.63. The van der Waals surface area contributed by atoms with Crippen molar-refractivity contribution in [3.05, 3.63) is 17.9 Å². The Bertz CT molecular complexity index is 411. The van der Waals surface area contributed by atoms with E-state index in [9.17, 15) is 9.50 Å². The summed E-state index contributed by atoms with van der Waals surface area (Å²) in [5.74, 6) is -0.0601. The Hall–Kier alpha value is -1.49. The Kier molecular flexibility index (Phi) is 5.89. The van der Waals surface area contributed by atoms with Gasteiger partial charge in [0.25, 0.3) is 0 Å². The van der Waals surface area contributed by atoms with Crippen molar-refractivity contribution in [3.63, 3.8) is 0 Å². The van der Waals surface area contributed by atoms with E-state index < -0.39 is 5.82 Å². The molecule has 0 bridgehead atoms. The molecule has 0 aliphatic heterocycles. The van der Waals surface area contributed by atoms with Gasteiger partial charge in [0, 0.05) is 12.1 Å². The molecule has 0 saturated heterocycles. The number of ether oxygens (including phenoxy) is 1. The minimum Gasteiger partial charge on any atom is -0.490 e. The van der Waals surface area contributed by atoms with Gasteiger partial charge in [0.05, 0.1) is 30.6 Å². The Balaban J connectivity index is 2.93. The summed E-state index contributed by atoms with van der Waals surface area (Å²) in [7, 11) is 0. The van der Waals surface area contributed by atoms with Gasteiger partial charge < -0.3 is 20.9 Å². The van der Waals surface area contributed by atoms with Gasteiger partial charge in [0.2, 0.25) is 0 Å². The van der Waals surface area contributed by atoms with E-state index in [1.807, 2.05) is 20.8 Å². The smallest absolute Gasteiger partial charge is 0.167 e. The third-order valence-corrected chi connectivity index (χ3v) is 2.91. The van der Waals surface area contributed by atoms with Crippen molar-refractivity contribution in [2.45, 2.75) is 33.2 Å². The van der Waals surface area contributed by atoms with Crippen LogP contribution in [0.15, 0.2) is 12.1 Å². The first-order valence-corrected chi connectivity index (χ1v) is 6.58. The molecule has 0 unspecified atom stereocenters. The first-order chi connectivity index (χ1) is 8.99. The van der Waals surface area contributed by atoms with Gasteiger partial charge in [0.1, 0.15) is 0 Å². The highest BCUT2D eigenvalue weighted by Crippen LogP contribution is 2.29.